The second kappa shape index (κ2) is 12.9. The molecule has 3 aromatic heterocycles. The maximum atomic E-state index is 8.77. The standard InChI is InChI=1S/C54H36N4S/c1-54(2)45-25-12-9-20-37(45)41-23-15-24-42(49(41)54)52-55-51(34-18-7-4-8-19-34)56-53(57-52)44-32-36(58-46-26-13-10-21-38(46)39-22-11-14-27-47(39)58)31-43-40-29-28-35(30-48(40)59-50(43)44)33-16-5-3-6-17-33/h3-32H,1-2H3/i3D,5D,6D,16D,17D. The Hall–Kier alpha value is -7.21. The molecule has 8 aromatic carbocycles. The lowest BCUT2D eigenvalue weighted by Gasteiger charge is -2.24. The van der Waals surface area contributed by atoms with Crippen LogP contribution in [0.25, 0.3) is 104 Å². The summed E-state index contributed by atoms with van der Waals surface area (Å²) in [6, 6.07) is 50.6. The Morgan fingerprint density at radius 3 is 1.92 bits per heavy atom. The van der Waals surface area contributed by atoms with Gasteiger partial charge in [0.05, 0.1) is 17.9 Å². The van der Waals surface area contributed by atoms with Crippen molar-refractivity contribution in [3.8, 4) is 62.1 Å². The molecule has 1 aliphatic rings. The van der Waals surface area contributed by atoms with Crippen molar-refractivity contribution in [3.05, 3.63) is 193 Å². The second-order valence-electron chi connectivity index (χ2n) is 15.6. The Kier molecular flexibility index (Phi) is 6.36. The molecule has 5 heteroatoms. The molecule has 0 N–H and O–H groups in total. The molecular weight excluding hydrogens is 737 g/mol. The number of thiophene rings is 1. The minimum atomic E-state index is -0.413. The summed E-state index contributed by atoms with van der Waals surface area (Å²) in [5.41, 5.74) is 11.0. The first-order chi connectivity index (χ1) is 31.1. The molecule has 0 aliphatic heterocycles. The van der Waals surface area contributed by atoms with Crippen molar-refractivity contribution < 1.29 is 6.85 Å². The Bertz CT molecular complexity index is 3700. The van der Waals surface area contributed by atoms with E-state index in [1.54, 1.807) is 11.3 Å². The van der Waals surface area contributed by atoms with E-state index in [1.807, 2.05) is 48.5 Å². The van der Waals surface area contributed by atoms with Gasteiger partial charge in [-0.25, -0.2) is 15.0 Å². The van der Waals surface area contributed by atoms with E-state index in [9.17, 15) is 0 Å². The second-order valence-corrected chi connectivity index (χ2v) is 16.7. The molecular formula is C54H36N4S. The first-order valence-corrected chi connectivity index (χ1v) is 20.5. The minimum Gasteiger partial charge on any atom is -0.309 e. The average molecular weight is 778 g/mol. The fourth-order valence-electron chi connectivity index (χ4n) is 9.28. The molecule has 4 nitrogen and oxygen atoms in total. The smallest absolute Gasteiger partial charge is 0.165 e. The third kappa shape index (κ3) is 5.18. The van der Waals surface area contributed by atoms with Crippen LogP contribution in [0.15, 0.2) is 182 Å². The quantitative estimate of drug-likeness (QED) is 0.175. The van der Waals surface area contributed by atoms with Gasteiger partial charge in [0.25, 0.3) is 0 Å². The van der Waals surface area contributed by atoms with Crippen LogP contribution in [0.3, 0.4) is 0 Å². The molecule has 0 saturated carbocycles. The van der Waals surface area contributed by atoms with Gasteiger partial charge in [-0.05, 0) is 63.7 Å². The van der Waals surface area contributed by atoms with Crippen molar-refractivity contribution in [2.45, 2.75) is 19.3 Å². The summed E-state index contributed by atoms with van der Waals surface area (Å²) in [5, 5.41) is 4.25. The minimum absolute atomic E-state index is 0.173. The zero-order chi connectivity index (χ0) is 43.6. The van der Waals surface area contributed by atoms with Crippen LogP contribution in [-0.4, -0.2) is 19.5 Å². The predicted octanol–water partition coefficient (Wildman–Crippen LogP) is 14.3. The Balaban J connectivity index is 1.17. The van der Waals surface area contributed by atoms with Gasteiger partial charge in [-0.2, -0.15) is 0 Å². The van der Waals surface area contributed by atoms with Crippen LogP contribution in [0.4, 0.5) is 0 Å². The van der Waals surface area contributed by atoms with Crippen LogP contribution >= 0.6 is 11.3 Å². The van der Waals surface area contributed by atoms with Crippen molar-refractivity contribution in [1.29, 1.82) is 0 Å². The van der Waals surface area contributed by atoms with Crippen LogP contribution in [0.1, 0.15) is 31.8 Å². The SMILES string of the molecule is [2H]c1c([2H])c([2H])c(-c2ccc3c(c2)sc2c(-c4nc(-c5ccccc5)nc(-c5cccc6c5C(C)(C)c5ccccc5-6)n4)cc(-n4c5ccccc5c5ccccc54)cc23)c([2H])c1[2H]. The van der Waals surface area contributed by atoms with Gasteiger partial charge in [0.2, 0.25) is 0 Å². The van der Waals surface area contributed by atoms with E-state index in [0.717, 1.165) is 64.4 Å². The van der Waals surface area contributed by atoms with Gasteiger partial charge in [0.1, 0.15) is 0 Å². The number of para-hydroxylation sites is 2. The van der Waals surface area contributed by atoms with Crippen molar-refractivity contribution in [3.63, 3.8) is 0 Å². The highest BCUT2D eigenvalue weighted by Crippen LogP contribution is 2.52. The maximum absolute atomic E-state index is 8.77. The lowest BCUT2D eigenvalue weighted by molar-refractivity contribution is 0.661. The fraction of sp³-hybridized carbons (Fsp3) is 0.0556. The van der Waals surface area contributed by atoms with E-state index >= 15 is 0 Å². The van der Waals surface area contributed by atoms with Gasteiger partial charge in [-0.3, -0.25) is 0 Å². The fourth-order valence-corrected chi connectivity index (χ4v) is 10.5. The third-order valence-electron chi connectivity index (χ3n) is 11.9. The van der Waals surface area contributed by atoms with Crippen molar-refractivity contribution in [1.82, 2.24) is 19.5 Å². The molecule has 0 unspecified atom stereocenters. The van der Waals surface area contributed by atoms with E-state index in [1.165, 1.54) is 22.3 Å². The van der Waals surface area contributed by atoms with E-state index in [-0.39, 0.29) is 35.1 Å². The van der Waals surface area contributed by atoms with Crippen LogP contribution in [0, 0.1) is 0 Å². The number of hydrogen-bond acceptors (Lipinski definition) is 4. The van der Waals surface area contributed by atoms with Crippen LogP contribution in [0.5, 0.6) is 0 Å². The molecule has 278 valence electrons. The average Bonchev–Trinajstić information content (AvgIpc) is 3.95. The number of benzene rings is 8. The van der Waals surface area contributed by atoms with Gasteiger partial charge in [0.15, 0.2) is 17.5 Å². The Labute approximate surface area is 352 Å². The molecule has 0 radical (unpaired) electrons. The van der Waals surface area contributed by atoms with Crippen LogP contribution in [0.2, 0.25) is 0 Å². The highest BCUT2D eigenvalue weighted by atomic mass is 32.1. The number of rotatable bonds is 5. The molecule has 3 heterocycles. The molecule has 0 amide bonds. The molecule has 0 atom stereocenters. The van der Waals surface area contributed by atoms with E-state index in [4.69, 9.17) is 21.8 Å². The first-order valence-electron chi connectivity index (χ1n) is 22.2. The van der Waals surface area contributed by atoms with Gasteiger partial charge in [-0.15, -0.1) is 11.3 Å². The maximum Gasteiger partial charge on any atom is 0.165 e. The molecule has 0 spiro atoms. The monoisotopic (exact) mass is 777 g/mol. The molecule has 59 heavy (non-hydrogen) atoms. The van der Waals surface area contributed by atoms with Crippen LogP contribution in [-0.2, 0) is 5.41 Å². The summed E-state index contributed by atoms with van der Waals surface area (Å²) in [6.07, 6.45) is 0. The normalized spacial score (nSPS) is 14.2. The van der Waals surface area contributed by atoms with Gasteiger partial charge >= 0.3 is 0 Å². The molecule has 0 bridgehead atoms. The predicted molar refractivity (Wildman–Crippen MR) is 246 cm³/mol. The van der Waals surface area contributed by atoms with Gasteiger partial charge in [-0.1, -0.05) is 165 Å². The number of nitrogens with zero attached hydrogens (tertiary/aromatic N) is 4. The number of hydrogen-bond donors (Lipinski definition) is 0. The number of fused-ring (bicyclic) bond motifs is 9. The van der Waals surface area contributed by atoms with E-state index in [2.05, 4.69) is 122 Å². The Morgan fingerprint density at radius 2 is 1.14 bits per heavy atom. The zero-order valence-corrected chi connectivity index (χ0v) is 32.9. The summed E-state index contributed by atoms with van der Waals surface area (Å²) < 4.78 is 46.7. The summed E-state index contributed by atoms with van der Waals surface area (Å²) in [7, 11) is 0. The summed E-state index contributed by atoms with van der Waals surface area (Å²) in [6.45, 7) is 4.55. The summed E-state index contributed by atoms with van der Waals surface area (Å²) in [5.74, 6) is 1.67. The van der Waals surface area contributed by atoms with Gasteiger partial charge in [0, 0.05) is 58.7 Å². The lowest BCUT2D eigenvalue weighted by Crippen LogP contribution is -2.17. The van der Waals surface area contributed by atoms with Gasteiger partial charge < -0.3 is 4.57 Å². The molecule has 11 aromatic rings. The van der Waals surface area contributed by atoms with Crippen LogP contribution < -0.4 is 0 Å². The molecule has 0 saturated heterocycles. The number of aromatic nitrogens is 4. The van der Waals surface area contributed by atoms with E-state index in [0.29, 0.717) is 23.0 Å². The highest BCUT2D eigenvalue weighted by molar-refractivity contribution is 7.26. The van der Waals surface area contributed by atoms with Crippen molar-refractivity contribution in [2.24, 2.45) is 0 Å². The molecule has 0 fully saturated rings. The van der Waals surface area contributed by atoms with Crippen molar-refractivity contribution in [2.75, 3.05) is 0 Å². The largest absolute Gasteiger partial charge is 0.309 e. The highest BCUT2D eigenvalue weighted by Gasteiger charge is 2.38. The summed E-state index contributed by atoms with van der Waals surface area (Å²) >= 11 is 1.58. The lowest BCUT2D eigenvalue weighted by atomic mass is 9.80. The summed E-state index contributed by atoms with van der Waals surface area (Å²) in [4.78, 5) is 16.0. The topological polar surface area (TPSA) is 43.6 Å². The molecule has 12 rings (SSSR count). The van der Waals surface area contributed by atoms with E-state index < -0.39 is 6.04 Å². The molecule has 1 aliphatic carbocycles. The first kappa shape index (κ1) is 29.1. The van der Waals surface area contributed by atoms with Crippen molar-refractivity contribution >= 4 is 53.3 Å². The zero-order valence-electron chi connectivity index (χ0n) is 37.1. The Morgan fingerprint density at radius 1 is 0.492 bits per heavy atom. The third-order valence-corrected chi connectivity index (χ3v) is 13.1.